The van der Waals surface area contributed by atoms with Gasteiger partial charge in [-0.05, 0) is 49.4 Å². The minimum absolute atomic E-state index is 0.157. The number of nitriles is 1. The number of hydrogen-bond donors (Lipinski definition) is 1. The molecule has 1 aliphatic carbocycles. The van der Waals surface area contributed by atoms with E-state index in [9.17, 15) is 14.4 Å². The van der Waals surface area contributed by atoms with E-state index in [-0.39, 0.29) is 17.5 Å². The van der Waals surface area contributed by atoms with E-state index >= 15 is 0 Å². The molecule has 2 heterocycles. The molecule has 28 heavy (non-hydrogen) atoms. The summed E-state index contributed by atoms with van der Waals surface area (Å²) in [5.41, 5.74) is 0.999. The molecule has 5 nitrogen and oxygen atoms in total. The standard InChI is InChI=1S/C20H17FN4OS2/c21-14-5-3-13(4-6-14)16-9-15-18(28-16)19(24-12-23-15)27-10-17(26)25-20(11-22)7-1-2-8-20/h3-6,9,12H,1-2,7-8,10H2,(H,25,26). The lowest BCUT2D eigenvalue weighted by atomic mass is 10.0. The van der Waals surface area contributed by atoms with Gasteiger partial charge in [0.2, 0.25) is 5.91 Å². The molecule has 142 valence electrons. The molecule has 0 unspecified atom stereocenters. The predicted octanol–water partition coefficient (Wildman–Crippen LogP) is 4.54. The summed E-state index contributed by atoms with van der Waals surface area (Å²) in [6.45, 7) is 0. The number of rotatable bonds is 5. The van der Waals surface area contributed by atoms with Crippen LogP contribution in [0.3, 0.4) is 0 Å². The van der Waals surface area contributed by atoms with Gasteiger partial charge in [-0.1, -0.05) is 23.9 Å². The highest BCUT2D eigenvalue weighted by Crippen LogP contribution is 2.37. The molecular formula is C20H17FN4OS2. The number of nitrogens with one attached hydrogen (secondary N) is 1. The number of thiophene rings is 1. The van der Waals surface area contributed by atoms with Gasteiger partial charge in [0.05, 0.1) is 22.0 Å². The van der Waals surface area contributed by atoms with Crippen LogP contribution in [0.4, 0.5) is 4.39 Å². The second kappa shape index (κ2) is 7.86. The van der Waals surface area contributed by atoms with Gasteiger partial charge in [-0.2, -0.15) is 5.26 Å². The number of hydrogen-bond acceptors (Lipinski definition) is 6. The number of thioether (sulfide) groups is 1. The van der Waals surface area contributed by atoms with E-state index in [1.807, 2.05) is 6.07 Å². The largest absolute Gasteiger partial charge is 0.337 e. The zero-order valence-corrected chi connectivity index (χ0v) is 16.6. The smallest absolute Gasteiger partial charge is 0.231 e. The van der Waals surface area contributed by atoms with E-state index in [1.54, 1.807) is 12.1 Å². The first-order valence-electron chi connectivity index (χ1n) is 8.94. The van der Waals surface area contributed by atoms with Crippen LogP contribution in [-0.4, -0.2) is 27.2 Å². The Kier molecular flexibility index (Phi) is 5.29. The van der Waals surface area contributed by atoms with Gasteiger partial charge in [-0.25, -0.2) is 14.4 Å². The molecular weight excluding hydrogens is 395 g/mol. The fraction of sp³-hybridized carbons (Fsp3) is 0.300. The third kappa shape index (κ3) is 3.86. The molecule has 4 rings (SSSR count). The summed E-state index contributed by atoms with van der Waals surface area (Å²) in [6, 6.07) is 10.5. The van der Waals surface area contributed by atoms with Crippen molar-refractivity contribution < 1.29 is 9.18 Å². The van der Waals surface area contributed by atoms with Crippen molar-refractivity contribution in [1.82, 2.24) is 15.3 Å². The first-order chi connectivity index (χ1) is 13.6. The highest BCUT2D eigenvalue weighted by molar-refractivity contribution is 8.00. The lowest BCUT2D eigenvalue weighted by Gasteiger charge is -2.21. The number of carbonyl (C=O) groups excluding carboxylic acids is 1. The van der Waals surface area contributed by atoms with Gasteiger partial charge >= 0.3 is 0 Å². The van der Waals surface area contributed by atoms with Crippen LogP contribution in [0.1, 0.15) is 25.7 Å². The molecule has 1 fully saturated rings. The van der Waals surface area contributed by atoms with Crippen LogP contribution in [0, 0.1) is 17.1 Å². The Labute approximate surface area is 170 Å². The summed E-state index contributed by atoms with van der Waals surface area (Å²) in [7, 11) is 0. The molecule has 8 heteroatoms. The fourth-order valence-corrected chi connectivity index (χ4v) is 5.37. The van der Waals surface area contributed by atoms with Crippen molar-refractivity contribution in [3.05, 3.63) is 42.5 Å². The van der Waals surface area contributed by atoms with Gasteiger partial charge in [0.25, 0.3) is 0 Å². The monoisotopic (exact) mass is 412 g/mol. The summed E-state index contributed by atoms with van der Waals surface area (Å²) >= 11 is 2.86. The maximum Gasteiger partial charge on any atom is 0.231 e. The van der Waals surface area contributed by atoms with E-state index in [4.69, 9.17) is 0 Å². The van der Waals surface area contributed by atoms with Crippen molar-refractivity contribution in [1.29, 1.82) is 5.26 Å². The van der Waals surface area contributed by atoms with Crippen molar-refractivity contribution in [3.63, 3.8) is 0 Å². The van der Waals surface area contributed by atoms with Crippen LogP contribution in [-0.2, 0) is 4.79 Å². The quantitative estimate of drug-likeness (QED) is 0.492. The SMILES string of the molecule is N#CC1(NC(=O)CSc2ncnc3cc(-c4ccc(F)cc4)sc23)CCCC1. The predicted molar refractivity (Wildman–Crippen MR) is 108 cm³/mol. The molecule has 1 amide bonds. The highest BCUT2D eigenvalue weighted by atomic mass is 32.2. The van der Waals surface area contributed by atoms with E-state index in [0.29, 0.717) is 12.8 Å². The number of halogens is 1. The van der Waals surface area contributed by atoms with Crippen molar-refractivity contribution in [2.75, 3.05) is 5.75 Å². The van der Waals surface area contributed by atoms with Gasteiger partial charge < -0.3 is 5.32 Å². The first-order valence-corrected chi connectivity index (χ1v) is 10.7. The van der Waals surface area contributed by atoms with Crippen molar-refractivity contribution in [3.8, 4) is 16.5 Å². The lowest BCUT2D eigenvalue weighted by molar-refractivity contribution is -0.119. The summed E-state index contributed by atoms with van der Waals surface area (Å²) < 4.78 is 14.1. The maximum absolute atomic E-state index is 13.2. The number of carbonyl (C=O) groups is 1. The molecule has 1 aromatic carbocycles. The van der Waals surface area contributed by atoms with Crippen LogP contribution in [0.15, 0.2) is 41.7 Å². The summed E-state index contributed by atoms with van der Waals surface area (Å²) in [4.78, 5) is 22.0. The minimum Gasteiger partial charge on any atom is -0.337 e. The minimum atomic E-state index is -0.711. The van der Waals surface area contributed by atoms with Crippen LogP contribution in [0.2, 0.25) is 0 Å². The van der Waals surface area contributed by atoms with Gasteiger partial charge in [0.15, 0.2) is 0 Å². The Bertz CT molecular complexity index is 1050. The normalized spacial score (nSPS) is 15.4. The van der Waals surface area contributed by atoms with Gasteiger partial charge in [0, 0.05) is 4.88 Å². The molecule has 2 aromatic heterocycles. The van der Waals surface area contributed by atoms with Crippen LogP contribution < -0.4 is 5.32 Å². The second-order valence-electron chi connectivity index (χ2n) is 6.75. The fourth-order valence-electron chi connectivity index (χ4n) is 3.37. The van der Waals surface area contributed by atoms with Crippen molar-refractivity contribution in [2.24, 2.45) is 0 Å². The van der Waals surface area contributed by atoms with Gasteiger partial charge in [-0.3, -0.25) is 4.79 Å². The summed E-state index contributed by atoms with van der Waals surface area (Å²) in [5.74, 6) is -0.237. The molecule has 0 bridgehead atoms. The van der Waals surface area contributed by atoms with Crippen molar-refractivity contribution >= 4 is 39.2 Å². The zero-order valence-electron chi connectivity index (χ0n) is 14.9. The average molecular weight is 413 g/mol. The lowest BCUT2D eigenvalue weighted by Crippen LogP contribution is -2.45. The van der Waals surface area contributed by atoms with E-state index in [1.165, 1.54) is 41.6 Å². The van der Waals surface area contributed by atoms with Crippen LogP contribution in [0.25, 0.3) is 20.7 Å². The topological polar surface area (TPSA) is 78.7 Å². The van der Waals surface area contributed by atoms with Gasteiger partial charge in [0.1, 0.15) is 22.7 Å². The Morgan fingerprint density at radius 1 is 1.29 bits per heavy atom. The Hall–Kier alpha value is -2.50. The number of benzene rings is 1. The van der Waals surface area contributed by atoms with Crippen molar-refractivity contribution in [2.45, 2.75) is 36.2 Å². The molecule has 0 spiro atoms. The van der Waals surface area contributed by atoms with Crippen LogP contribution >= 0.6 is 23.1 Å². The molecule has 1 N–H and O–H groups in total. The average Bonchev–Trinajstić information content (AvgIpc) is 3.34. The second-order valence-corrected chi connectivity index (χ2v) is 8.76. The van der Waals surface area contributed by atoms with Gasteiger partial charge in [-0.15, -0.1) is 11.3 Å². The molecule has 0 atom stereocenters. The molecule has 1 saturated carbocycles. The maximum atomic E-state index is 13.2. The number of amides is 1. The Balaban J connectivity index is 1.50. The third-order valence-electron chi connectivity index (χ3n) is 4.80. The van der Waals surface area contributed by atoms with E-state index < -0.39 is 5.54 Å². The zero-order chi connectivity index (χ0) is 19.6. The van der Waals surface area contributed by atoms with E-state index in [2.05, 4.69) is 21.4 Å². The first kappa shape index (κ1) is 18.8. The molecule has 0 saturated heterocycles. The highest BCUT2D eigenvalue weighted by Gasteiger charge is 2.35. The summed E-state index contributed by atoms with van der Waals surface area (Å²) in [6.07, 6.45) is 4.84. The third-order valence-corrected chi connectivity index (χ3v) is 7.10. The van der Waals surface area contributed by atoms with E-state index in [0.717, 1.165) is 38.5 Å². The summed E-state index contributed by atoms with van der Waals surface area (Å²) in [5, 5.41) is 13.0. The Morgan fingerprint density at radius 3 is 2.75 bits per heavy atom. The Morgan fingerprint density at radius 2 is 2.04 bits per heavy atom. The molecule has 1 aliphatic rings. The van der Waals surface area contributed by atoms with Crippen LogP contribution in [0.5, 0.6) is 0 Å². The number of fused-ring (bicyclic) bond motifs is 1. The number of nitrogens with zero attached hydrogens (tertiary/aromatic N) is 3. The molecule has 0 aliphatic heterocycles. The molecule has 3 aromatic rings. The molecule has 0 radical (unpaired) electrons. The number of aromatic nitrogens is 2.